The van der Waals surface area contributed by atoms with E-state index in [0.29, 0.717) is 30.9 Å². The molecule has 2 aromatic rings. The Bertz CT molecular complexity index is 728. The molecule has 1 amide bonds. The number of rotatable bonds is 3. The average Bonchev–Trinajstić information content (AvgIpc) is 2.59. The zero-order valence-corrected chi connectivity index (χ0v) is 14.0. The van der Waals surface area contributed by atoms with Gasteiger partial charge in [0, 0.05) is 44.0 Å². The van der Waals surface area contributed by atoms with E-state index in [1.165, 1.54) is 6.07 Å². The Morgan fingerprint density at radius 3 is 2.38 bits per heavy atom. The van der Waals surface area contributed by atoms with E-state index in [1.54, 1.807) is 30.3 Å². The molecule has 2 aromatic carbocycles. The molecule has 6 heteroatoms. The molecular weight excluding hydrogens is 329 g/mol. The van der Waals surface area contributed by atoms with E-state index < -0.39 is 5.82 Å². The summed E-state index contributed by atoms with van der Waals surface area (Å²) >= 11 is 5.70. The minimum absolute atomic E-state index is 0.0205. The summed E-state index contributed by atoms with van der Waals surface area (Å²) in [7, 11) is 0. The lowest BCUT2D eigenvalue weighted by Gasteiger charge is -2.34. The first-order chi connectivity index (χ1) is 11.5. The maximum absolute atomic E-state index is 13.5. The van der Waals surface area contributed by atoms with Gasteiger partial charge in [0.1, 0.15) is 5.82 Å². The molecule has 0 atom stereocenters. The Morgan fingerprint density at radius 2 is 1.75 bits per heavy atom. The second-order valence-electron chi connectivity index (χ2n) is 5.94. The van der Waals surface area contributed by atoms with Gasteiger partial charge in [-0.05, 0) is 42.0 Å². The molecule has 0 unspecified atom stereocenters. The van der Waals surface area contributed by atoms with Gasteiger partial charge in [-0.2, -0.15) is 0 Å². The minimum atomic E-state index is -0.397. The summed E-state index contributed by atoms with van der Waals surface area (Å²) < 4.78 is 13.5. The fourth-order valence-electron chi connectivity index (χ4n) is 2.81. The molecule has 1 aliphatic rings. The molecule has 0 saturated carbocycles. The van der Waals surface area contributed by atoms with Crippen LogP contribution in [0.15, 0.2) is 42.5 Å². The smallest absolute Gasteiger partial charge is 0.253 e. The Kier molecular flexibility index (Phi) is 5.02. The summed E-state index contributed by atoms with van der Waals surface area (Å²) in [5.74, 6) is -0.376. The van der Waals surface area contributed by atoms with Crippen LogP contribution in [0.4, 0.5) is 10.1 Å². The summed E-state index contributed by atoms with van der Waals surface area (Å²) in [6.45, 7) is 3.46. The van der Waals surface area contributed by atoms with Gasteiger partial charge in [0.15, 0.2) is 0 Å². The van der Waals surface area contributed by atoms with Crippen LogP contribution in [0.2, 0.25) is 5.02 Å². The Balaban J connectivity index is 1.56. The van der Waals surface area contributed by atoms with Crippen molar-refractivity contribution in [2.45, 2.75) is 6.54 Å². The van der Waals surface area contributed by atoms with Gasteiger partial charge >= 0.3 is 0 Å². The van der Waals surface area contributed by atoms with Crippen molar-refractivity contribution in [3.05, 3.63) is 64.4 Å². The first-order valence-electron chi connectivity index (χ1n) is 7.84. The Labute approximate surface area is 145 Å². The normalized spacial score (nSPS) is 15.5. The van der Waals surface area contributed by atoms with Crippen molar-refractivity contribution in [3.8, 4) is 0 Å². The summed E-state index contributed by atoms with van der Waals surface area (Å²) in [6.07, 6.45) is 0. The number of nitrogens with zero attached hydrogens (tertiary/aromatic N) is 2. The number of nitrogens with two attached hydrogens (primary N) is 1. The van der Waals surface area contributed by atoms with Crippen LogP contribution in [0.5, 0.6) is 0 Å². The van der Waals surface area contributed by atoms with Crippen molar-refractivity contribution in [2.75, 3.05) is 31.9 Å². The minimum Gasteiger partial charge on any atom is -0.399 e. The van der Waals surface area contributed by atoms with Crippen LogP contribution in [-0.4, -0.2) is 41.9 Å². The molecule has 0 bridgehead atoms. The molecule has 3 rings (SSSR count). The van der Waals surface area contributed by atoms with Gasteiger partial charge < -0.3 is 10.6 Å². The van der Waals surface area contributed by atoms with Crippen LogP contribution in [0.1, 0.15) is 15.9 Å². The van der Waals surface area contributed by atoms with Crippen LogP contribution in [0, 0.1) is 5.82 Å². The van der Waals surface area contributed by atoms with Gasteiger partial charge in [-0.1, -0.05) is 17.7 Å². The van der Waals surface area contributed by atoms with E-state index in [9.17, 15) is 9.18 Å². The summed E-state index contributed by atoms with van der Waals surface area (Å²) in [4.78, 5) is 16.5. The highest BCUT2D eigenvalue weighted by Gasteiger charge is 2.22. The lowest BCUT2D eigenvalue weighted by molar-refractivity contribution is 0.0628. The molecule has 0 radical (unpaired) electrons. The fraction of sp³-hybridized carbons (Fsp3) is 0.278. The highest BCUT2D eigenvalue weighted by atomic mass is 35.5. The number of nitrogen functional groups attached to an aromatic ring is 1. The van der Waals surface area contributed by atoms with Gasteiger partial charge in [0.2, 0.25) is 0 Å². The van der Waals surface area contributed by atoms with Crippen LogP contribution < -0.4 is 5.73 Å². The number of halogens is 2. The standard InChI is InChI=1S/C18H19ClFN3O/c19-16-6-1-13(11-17(16)20)12-22-7-9-23(10-8-22)18(24)14-2-4-15(21)5-3-14/h1-6,11H,7-10,12,21H2. The van der Waals surface area contributed by atoms with E-state index in [-0.39, 0.29) is 10.9 Å². The average molecular weight is 348 g/mol. The monoisotopic (exact) mass is 347 g/mol. The topological polar surface area (TPSA) is 49.6 Å². The SMILES string of the molecule is Nc1ccc(C(=O)N2CCN(Cc3ccc(Cl)c(F)c3)CC2)cc1. The number of piperazine rings is 1. The molecule has 24 heavy (non-hydrogen) atoms. The molecule has 4 nitrogen and oxygen atoms in total. The molecule has 0 aromatic heterocycles. The molecular formula is C18H19ClFN3O. The van der Waals surface area contributed by atoms with E-state index in [1.807, 2.05) is 11.0 Å². The van der Waals surface area contributed by atoms with Crippen molar-refractivity contribution in [1.82, 2.24) is 9.80 Å². The number of carbonyl (C=O) groups is 1. The van der Waals surface area contributed by atoms with E-state index >= 15 is 0 Å². The first-order valence-corrected chi connectivity index (χ1v) is 8.22. The maximum atomic E-state index is 13.5. The predicted octanol–water partition coefficient (Wildman–Crippen LogP) is 3.02. The van der Waals surface area contributed by atoms with Crippen LogP contribution in [0.25, 0.3) is 0 Å². The molecule has 126 valence electrons. The van der Waals surface area contributed by atoms with Crippen LogP contribution >= 0.6 is 11.6 Å². The zero-order chi connectivity index (χ0) is 17.1. The second kappa shape index (κ2) is 7.20. The first kappa shape index (κ1) is 16.7. The Morgan fingerprint density at radius 1 is 1.08 bits per heavy atom. The van der Waals surface area contributed by atoms with E-state index in [4.69, 9.17) is 17.3 Å². The zero-order valence-electron chi connectivity index (χ0n) is 13.2. The van der Waals surface area contributed by atoms with Crippen molar-refractivity contribution in [3.63, 3.8) is 0 Å². The molecule has 1 aliphatic heterocycles. The number of carbonyl (C=O) groups excluding carboxylic acids is 1. The van der Waals surface area contributed by atoms with E-state index in [2.05, 4.69) is 4.90 Å². The van der Waals surface area contributed by atoms with E-state index in [0.717, 1.165) is 18.7 Å². The molecule has 1 fully saturated rings. The predicted molar refractivity (Wildman–Crippen MR) is 93.4 cm³/mol. The molecule has 1 heterocycles. The van der Waals surface area contributed by atoms with Gasteiger partial charge in [-0.3, -0.25) is 9.69 Å². The fourth-order valence-corrected chi connectivity index (χ4v) is 2.93. The number of benzene rings is 2. The summed E-state index contributed by atoms with van der Waals surface area (Å²) in [6, 6.07) is 11.8. The van der Waals surface area contributed by atoms with Gasteiger partial charge in [-0.15, -0.1) is 0 Å². The second-order valence-corrected chi connectivity index (χ2v) is 6.35. The third-order valence-corrected chi connectivity index (χ3v) is 4.51. The van der Waals surface area contributed by atoms with Crippen molar-refractivity contribution in [2.24, 2.45) is 0 Å². The lowest BCUT2D eigenvalue weighted by atomic mass is 10.1. The van der Waals surface area contributed by atoms with Crippen LogP contribution in [0.3, 0.4) is 0 Å². The summed E-state index contributed by atoms with van der Waals surface area (Å²) in [5, 5.41) is 0.137. The molecule has 1 saturated heterocycles. The Hall–Kier alpha value is -2.11. The largest absolute Gasteiger partial charge is 0.399 e. The third-order valence-electron chi connectivity index (χ3n) is 4.21. The quantitative estimate of drug-likeness (QED) is 0.868. The lowest BCUT2D eigenvalue weighted by Crippen LogP contribution is -2.48. The summed E-state index contributed by atoms with van der Waals surface area (Å²) in [5.41, 5.74) is 7.83. The van der Waals surface area contributed by atoms with Crippen molar-refractivity contribution in [1.29, 1.82) is 0 Å². The van der Waals surface area contributed by atoms with Gasteiger partial charge in [0.05, 0.1) is 5.02 Å². The van der Waals surface area contributed by atoms with Crippen molar-refractivity contribution >= 4 is 23.2 Å². The number of anilines is 1. The molecule has 2 N–H and O–H groups in total. The van der Waals surface area contributed by atoms with Gasteiger partial charge in [0.25, 0.3) is 5.91 Å². The number of hydrogen-bond donors (Lipinski definition) is 1. The van der Waals surface area contributed by atoms with Crippen LogP contribution in [-0.2, 0) is 6.54 Å². The molecule has 0 spiro atoms. The highest BCUT2D eigenvalue weighted by molar-refractivity contribution is 6.30. The number of hydrogen-bond acceptors (Lipinski definition) is 3. The number of amides is 1. The third kappa shape index (κ3) is 3.86. The van der Waals surface area contributed by atoms with Crippen molar-refractivity contribution < 1.29 is 9.18 Å². The maximum Gasteiger partial charge on any atom is 0.253 e. The van der Waals surface area contributed by atoms with Gasteiger partial charge in [-0.25, -0.2) is 4.39 Å². The highest BCUT2D eigenvalue weighted by Crippen LogP contribution is 2.18. The molecule has 0 aliphatic carbocycles.